The number of fused-ring (bicyclic) bond motifs is 1. The lowest BCUT2D eigenvalue weighted by Gasteiger charge is -2.23. The lowest BCUT2D eigenvalue weighted by atomic mass is 9.99. The fourth-order valence-corrected chi connectivity index (χ4v) is 5.18. The first-order chi connectivity index (χ1) is 20.7. The highest BCUT2D eigenvalue weighted by molar-refractivity contribution is 5.99. The minimum absolute atomic E-state index is 0.222. The molecule has 0 saturated heterocycles. The van der Waals surface area contributed by atoms with E-state index in [1.165, 1.54) is 6.20 Å². The molecule has 1 aliphatic rings. The Labute approximate surface area is 243 Å². The first kappa shape index (κ1) is 26.5. The van der Waals surface area contributed by atoms with Gasteiger partial charge in [-0.05, 0) is 42.5 Å². The third kappa shape index (κ3) is 5.47. The standard InChI is InChI=1S/C33H27N9/c34-15-7-12-29(22-8-3-1-4-9-22)39-32-25(19-36)20-37-31-24(18-35)16-26(17-28(31)32)38-33(23-10-5-2-6-11-23)30-21-42(41-40-30)27-13-14-27/h1-6,8-11,16-17,20-21,27,29,33,38H,7,12-14H2,(H,37,39)/t29-,33+/m1/s1. The number of nitriles is 3. The summed E-state index contributed by atoms with van der Waals surface area (Å²) in [7, 11) is 0. The molecule has 0 amide bonds. The van der Waals surface area contributed by atoms with Crippen LogP contribution in [0.25, 0.3) is 10.9 Å². The van der Waals surface area contributed by atoms with Crippen molar-refractivity contribution in [1.82, 2.24) is 20.0 Å². The Kier molecular flexibility index (Phi) is 7.44. The largest absolute Gasteiger partial charge is 0.377 e. The molecule has 1 fully saturated rings. The molecule has 0 radical (unpaired) electrons. The Balaban J connectivity index is 1.45. The highest BCUT2D eigenvalue weighted by atomic mass is 15.4. The molecule has 9 heteroatoms. The molecule has 0 aliphatic heterocycles. The summed E-state index contributed by atoms with van der Waals surface area (Å²) >= 11 is 0. The normalized spacial score (nSPS) is 13.8. The average molecular weight is 550 g/mol. The fourth-order valence-electron chi connectivity index (χ4n) is 5.18. The van der Waals surface area contributed by atoms with Crippen molar-refractivity contribution in [2.45, 2.75) is 43.8 Å². The molecule has 2 heterocycles. The van der Waals surface area contributed by atoms with Crippen LogP contribution in [0.15, 0.2) is 85.2 Å². The summed E-state index contributed by atoms with van der Waals surface area (Å²) in [5, 5.41) is 46.1. The van der Waals surface area contributed by atoms with E-state index in [-0.39, 0.29) is 12.1 Å². The number of aromatic nitrogens is 4. The van der Waals surface area contributed by atoms with E-state index in [0.29, 0.717) is 52.3 Å². The van der Waals surface area contributed by atoms with Crippen molar-refractivity contribution in [1.29, 1.82) is 15.8 Å². The average Bonchev–Trinajstić information content (AvgIpc) is 3.78. The second kappa shape index (κ2) is 11.8. The van der Waals surface area contributed by atoms with Crippen LogP contribution in [0, 0.1) is 34.0 Å². The van der Waals surface area contributed by atoms with Crippen LogP contribution in [0.1, 0.15) is 71.8 Å². The number of pyridine rings is 1. The van der Waals surface area contributed by atoms with Crippen molar-refractivity contribution in [2.24, 2.45) is 0 Å². The number of nitrogens with one attached hydrogen (secondary N) is 2. The number of hydrogen-bond acceptors (Lipinski definition) is 8. The van der Waals surface area contributed by atoms with Crippen LogP contribution in [0.4, 0.5) is 11.4 Å². The van der Waals surface area contributed by atoms with Crippen LogP contribution in [0.5, 0.6) is 0 Å². The van der Waals surface area contributed by atoms with Crippen molar-refractivity contribution < 1.29 is 0 Å². The second-order valence-electron chi connectivity index (χ2n) is 10.3. The highest BCUT2D eigenvalue weighted by Crippen LogP contribution is 2.37. The first-order valence-electron chi connectivity index (χ1n) is 13.9. The van der Waals surface area contributed by atoms with Gasteiger partial charge in [0.25, 0.3) is 0 Å². The Morgan fingerprint density at radius 1 is 0.881 bits per heavy atom. The van der Waals surface area contributed by atoms with Crippen molar-refractivity contribution in [3.63, 3.8) is 0 Å². The fraction of sp³-hybridized carbons (Fsp3) is 0.212. The van der Waals surface area contributed by atoms with Gasteiger partial charge >= 0.3 is 0 Å². The predicted octanol–water partition coefficient (Wildman–Crippen LogP) is 6.56. The van der Waals surface area contributed by atoms with Crippen LogP contribution in [-0.4, -0.2) is 20.0 Å². The Hall–Kier alpha value is -5.72. The van der Waals surface area contributed by atoms with Crippen LogP contribution < -0.4 is 10.6 Å². The SMILES string of the molecule is N#CCC[C@@H](Nc1c(C#N)cnc2c(C#N)cc(N[C@@H](c3ccccc3)c3cn(C4CC4)nn3)cc12)c1ccccc1. The van der Waals surface area contributed by atoms with E-state index in [1.54, 1.807) is 6.07 Å². The summed E-state index contributed by atoms with van der Waals surface area (Å²) in [6.45, 7) is 0. The molecule has 204 valence electrons. The zero-order valence-electron chi connectivity index (χ0n) is 22.8. The molecular formula is C33H27N9. The van der Waals surface area contributed by atoms with Crippen molar-refractivity contribution >= 4 is 22.3 Å². The van der Waals surface area contributed by atoms with E-state index < -0.39 is 0 Å². The third-order valence-corrected chi connectivity index (χ3v) is 7.47. The Morgan fingerprint density at radius 2 is 1.60 bits per heavy atom. The van der Waals surface area contributed by atoms with Crippen LogP contribution in [-0.2, 0) is 0 Å². The van der Waals surface area contributed by atoms with E-state index in [1.807, 2.05) is 77.6 Å². The molecule has 2 aromatic heterocycles. The van der Waals surface area contributed by atoms with Crippen molar-refractivity contribution in [3.05, 3.63) is 113 Å². The van der Waals surface area contributed by atoms with E-state index in [0.717, 1.165) is 29.7 Å². The van der Waals surface area contributed by atoms with E-state index in [9.17, 15) is 15.8 Å². The van der Waals surface area contributed by atoms with Gasteiger partial charge in [0.2, 0.25) is 0 Å². The molecular weight excluding hydrogens is 522 g/mol. The van der Waals surface area contributed by atoms with Crippen molar-refractivity contribution in [3.8, 4) is 18.2 Å². The maximum Gasteiger partial charge on any atom is 0.109 e. The van der Waals surface area contributed by atoms with Gasteiger partial charge in [0.1, 0.15) is 17.8 Å². The van der Waals surface area contributed by atoms with Crippen LogP contribution >= 0.6 is 0 Å². The molecule has 0 bridgehead atoms. The summed E-state index contributed by atoms with van der Waals surface area (Å²) in [5.74, 6) is 0. The zero-order chi connectivity index (χ0) is 28.9. The van der Waals surface area contributed by atoms with E-state index >= 15 is 0 Å². The van der Waals surface area contributed by atoms with Gasteiger partial charge in [-0.3, -0.25) is 4.98 Å². The smallest absolute Gasteiger partial charge is 0.109 e. The van der Waals surface area contributed by atoms with Gasteiger partial charge in [-0.25, -0.2) is 4.68 Å². The van der Waals surface area contributed by atoms with E-state index in [2.05, 4.69) is 44.1 Å². The molecule has 42 heavy (non-hydrogen) atoms. The van der Waals surface area contributed by atoms with E-state index in [4.69, 9.17) is 0 Å². The maximum absolute atomic E-state index is 10.1. The number of benzene rings is 3. The van der Waals surface area contributed by atoms with Gasteiger partial charge in [0.05, 0.1) is 52.7 Å². The quantitative estimate of drug-likeness (QED) is 0.200. The summed E-state index contributed by atoms with van der Waals surface area (Å²) < 4.78 is 1.92. The third-order valence-electron chi connectivity index (χ3n) is 7.47. The predicted molar refractivity (Wildman–Crippen MR) is 159 cm³/mol. The van der Waals surface area contributed by atoms with Gasteiger partial charge in [-0.1, -0.05) is 65.9 Å². The molecule has 2 atom stereocenters. The molecule has 3 aromatic carbocycles. The van der Waals surface area contributed by atoms with Crippen LogP contribution in [0.2, 0.25) is 0 Å². The molecule has 2 N–H and O–H groups in total. The zero-order valence-corrected chi connectivity index (χ0v) is 22.8. The molecule has 0 spiro atoms. The lowest BCUT2D eigenvalue weighted by molar-refractivity contribution is 0.610. The number of nitrogens with zero attached hydrogens (tertiary/aromatic N) is 7. The first-order valence-corrected chi connectivity index (χ1v) is 13.9. The number of rotatable bonds is 10. The number of hydrogen-bond donors (Lipinski definition) is 2. The second-order valence-corrected chi connectivity index (χ2v) is 10.3. The van der Waals surface area contributed by atoms with Gasteiger partial charge in [0, 0.05) is 23.7 Å². The number of anilines is 2. The molecule has 1 saturated carbocycles. The molecule has 9 nitrogen and oxygen atoms in total. The van der Waals surface area contributed by atoms with Gasteiger partial charge < -0.3 is 10.6 Å². The Morgan fingerprint density at radius 3 is 2.26 bits per heavy atom. The van der Waals surface area contributed by atoms with Crippen molar-refractivity contribution in [2.75, 3.05) is 10.6 Å². The summed E-state index contributed by atoms with van der Waals surface area (Å²) in [6, 6.07) is 30.1. The molecule has 1 aliphatic carbocycles. The molecule has 5 aromatic rings. The lowest BCUT2D eigenvalue weighted by Crippen LogP contribution is -2.14. The van der Waals surface area contributed by atoms with Gasteiger partial charge in [0.15, 0.2) is 0 Å². The van der Waals surface area contributed by atoms with Gasteiger partial charge in [-0.15, -0.1) is 5.10 Å². The highest BCUT2D eigenvalue weighted by Gasteiger charge is 2.27. The minimum atomic E-state index is -0.320. The summed E-state index contributed by atoms with van der Waals surface area (Å²) in [5.41, 5.74) is 5.26. The molecule has 0 unspecified atom stereocenters. The topological polar surface area (TPSA) is 139 Å². The summed E-state index contributed by atoms with van der Waals surface area (Å²) in [4.78, 5) is 4.50. The van der Waals surface area contributed by atoms with Crippen LogP contribution in [0.3, 0.4) is 0 Å². The maximum atomic E-state index is 10.1. The monoisotopic (exact) mass is 549 g/mol. The Bertz CT molecular complexity index is 1840. The minimum Gasteiger partial charge on any atom is -0.377 e. The van der Waals surface area contributed by atoms with Gasteiger partial charge in [-0.2, -0.15) is 15.8 Å². The molecule has 6 rings (SSSR count). The summed E-state index contributed by atoms with van der Waals surface area (Å²) in [6.07, 6.45) is 6.57.